The molecular weight excluding hydrogens is 229 g/mol. The van der Waals surface area contributed by atoms with Gasteiger partial charge in [0.25, 0.3) is 0 Å². The van der Waals surface area contributed by atoms with Gasteiger partial charge in [-0.3, -0.25) is 9.25 Å². The predicted octanol–water partition coefficient (Wildman–Crippen LogP) is 1.93. The van der Waals surface area contributed by atoms with Crippen LogP contribution in [0.25, 0.3) is 0 Å². The molecule has 6 nitrogen and oxygen atoms in total. The molecule has 1 aromatic rings. The summed E-state index contributed by atoms with van der Waals surface area (Å²) in [4.78, 5) is 0. The van der Waals surface area contributed by atoms with Crippen LogP contribution >= 0.6 is 7.60 Å². The highest BCUT2D eigenvalue weighted by Gasteiger charge is 2.22. The zero-order valence-corrected chi connectivity index (χ0v) is 10.6. The first kappa shape index (κ1) is 13.4. The van der Waals surface area contributed by atoms with Crippen molar-refractivity contribution in [3.8, 4) is 0 Å². The smallest absolute Gasteiger partial charge is 0.309 e. The fourth-order valence-corrected chi connectivity index (χ4v) is 2.99. The number of nitrogens with zero attached hydrogens (tertiary/aromatic N) is 3. The summed E-state index contributed by atoms with van der Waals surface area (Å²) in [5.74, 6) is 0. The summed E-state index contributed by atoms with van der Waals surface area (Å²) in [6, 6.07) is 0. The first-order valence-electron chi connectivity index (χ1n) is 5.42. The monoisotopic (exact) mass is 247 g/mol. The minimum Gasteiger partial charge on any atom is -0.309 e. The van der Waals surface area contributed by atoms with Crippen molar-refractivity contribution >= 4 is 7.60 Å². The predicted molar refractivity (Wildman–Crippen MR) is 60.4 cm³/mol. The van der Waals surface area contributed by atoms with E-state index in [1.54, 1.807) is 17.1 Å². The van der Waals surface area contributed by atoms with E-state index in [1.165, 1.54) is 0 Å². The van der Waals surface area contributed by atoms with Crippen molar-refractivity contribution in [2.75, 3.05) is 19.4 Å². The van der Waals surface area contributed by atoms with Crippen molar-refractivity contribution in [1.29, 1.82) is 0 Å². The summed E-state index contributed by atoms with van der Waals surface area (Å²) >= 11 is 0. The fraction of sp³-hybridized carbons (Fsp3) is 0.778. The number of aryl methyl sites for hydroxylation is 1. The Bertz CT molecular complexity index is 319. The molecule has 7 heteroatoms. The van der Waals surface area contributed by atoms with Crippen molar-refractivity contribution in [2.24, 2.45) is 0 Å². The summed E-state index contributed by atoms with van der Waals surface area (Å²) in [5, 5.41) is 7.51. The molecule has 16 heavy (non-hydrogen) atoms. The summed E-state index contributed by atoms with van der Waals surface area (Å²) in [6.07, 6.45) is 4.49. The Hall–Kier alpha value is -0.710. The van der Waals surface area contributed by atoms with Crippen LogP contribution in [0.3, 0.4) is 0 Å². The maximum absolute atomic E-state index is 12.1. The Labute approximate surface area is 95.5 Å². The van der Waals surface area contributed by atoms with E-state index in [-0.39, 0.29) is 0 Å². The highest BCUT2D eigenvalue weighted by molar-refractivity contribution is 7.53. The molecule has 0 aliphatic rings. The number of aromatic nitrogens is 3. The molecule has 1 rings (SSSR count). The summed E-state index contributed by atoms with van der Waals surface area (Å²) < 4.78 is 24.1. The molecule has 0 radical (unpaired) electrons. The topological polar surface area (TPSA) is 66.2 Å². The van der Waals surface area contributed by atoms with E-state index in [1.807, 2.05) is 13.8 Å². The fourth-order valence-electron chi connectivity index (χ4n) is 1.34. The minimum atomic E-state index is -2.90. The lowest BCUT2D eigenvalue weighted by atomic mass is 10.5. The van der Waals surface area contributed by atoms with Crippen LogP contribution in [-0.2, 0) is 20.2 Å². The third kappa shape index (κ3) is 4.43. The Kier molecular flexibility index (Phi) is 5.66. The maximum Gasteiger partial charge on any atom is 0.330 e. The van der Waals surface area contributed by atoms with Gasteiger partial charge in [0.2, 0.25) is 0 Å². The summed E-state index contributed by atoms with van der Waals surface area (Å²) in [7, 11) is -2.90. The first-order valence-corrected chi connectivity index (χ1v) is 7.15. The molecule has 0 atom stereocenters. The molecule has 1 aromatic heterocycles. The highest BCUT2D eigenvalue weighted by Crippen LogP contribution is 2.48. The van der Waals surface area contributed by atoms with E-state index in [0.717, 1.165) is 0 Å². The number of hydrogen-bond donors (Lipinski definition) is 0. The van der Waals surface area contributed by atoms with Crippen LogP contribution in [0.15, 0.2) is 12.4 Å². The van der Waals surface area contributed by atoms with Crippen molar-refractivity contribution in [2.45, 2.75) is 26.8 Å². The average Bonchev–Trinajstić information content (AvgIpc) is 2.71. The van der Waals surface area contributed by atoms with Crippen molar-refractivity contribution in [1.82, 2.24) is 15.0 Å². The molecule has 0 aliphatic carbocycles. The van der Waals surface area contributed by atoms with E-state index in [2.05, 4.69) is 10.3 Å². The molecule has 0 fully saturated rings. The Morgan fingerprint density at radius 3 is 2.50 bits per heavy atom. The van der Waals surface area contributed by atoms with Crippen molar-refractivity contribution in [3.63, 3.8) is 0 Å². The molecule has 0 aromatic carbocycles. The van der Waals surface area contributed by atoms with E-state index >= 15 is 0 Å². The van der Waals surface area contributed by atoms with Crippen LogP contribution in [0.5, 0.6) is 0 Å². The lowest BCUT2D eigenvalue weighted by molar-refractivity contribution is 0.219. The molecular formula is C9H18N3O3P. The van der Waals surface area contributed by atoms with E-state index in [0.29, 0.717) is 32.3 Å². The second kappa shape index (κ2) is 6.78. The molecule has 0 saturated heterocycles. The lowest BCUT2D eigenvalue weighted by Crippen LogP contribution is -2.05. The number of hydrogen-bond acceptors (Lipinski definition) is 5. The Morgan fingerprint density at radius 2 is 2.00 bits per heavy atom. The number of rotatable bonds is 8. The van der Waals surface area contributed by atoms with Gasteiger partial charge < -0.3 is 9.05 Å². The third-order valence-corrected chi connectivity index (χ3v) is 4.11. The van der Waals surface area contributed by atoms with Crippen molar-refractivity contribution < 1.29 is 13.6 Å². The van der Waals surface area contributed by atoms with Crippen LogP contribution in [0, 0.1) is 0 Å². The van der Waals surface area contributed by atoms with Crippen LogP contribution in [0.1, 0.15) is 20.3 Å². The van der Waals surface area contributed by atoms with Crippen LogP contribution in [0.4, 0.5) is 0 Å². The zero-order valence-electron chi connectivity index (χ0n) is 9.70. The van der Waals surface area contributed by atoms with Gasteiger partial charge in [0.1, 0.15) is 0 Å². The molecule has 92 valence electrons. The summed E-state index contributed by atoms with van der Waals surface area (Å²) in [6.45, 7) is 5.09. The molecule has 1 heterocycles. The van der Waals surface area contributed by atoms with Crippen LogP contribution < -0.4 is 0 Å². The van der Waals surface area contributed by atoms with Crippen LogP contribution in [0.2, 0.25) is 0 Å². The molecule has 0 bridgehead atoms. The molecule has 0 saturated carbocycles. The zero-order chi connectivity index (χ0) is 11.9. The molecule has 0 amide bonds. The normalized spacial score (nSPS) is 11.9. The Morgan fingerprint density at radius 1 is 1.31 bits per heavy atom. The van der Waals surface area contributed by atoms with E-state index in [9.17, 15) is 4.57 Å². The second-order valence-electron chi connectivity index (χ2n) is 3.19. The van der Waals surface area contributed by atoms with E-state index < -0.39 is 7.60 Å². The lowest BCUT2D eigenvalue weighted by Gasteiger charge is -2.16. The van der Waals surface area contributed by atoms with E-state index in [4.69, 9.17) is 9.05 Å². The van der Waals surface area contributed by atoms with Gasteiger partial charge in [-0.25, -0.2) is 0 Å². The van der Waals surface area contributed by atoms with Gasteiger partial charge in [-0.1, -0.05) is 5.21 Å². The van der Waals surface area contributed by atoms with Gasteiger partial charge in [0.15, 0.2) is 0 Å². The molecule has 0 N–H and O–H groups in total. The first-order chi connectivity index (χ1) is 7.70. The van der Waals surface area contributed by atoms with Crippen molar-refractivity contribution in [3.05, 3.63) is 12.4 Å². The standard InChI is InChI=1S/C9H18N3O3P/c1-3-14-16(13,15-4-2)9-5-7-12-8-6-10-11-12/h6,8H,3-5,7,9H2,1-2H3. The van der Waals surface area contributed by atoms with Gasteiger partial charge in [-0.2, -0.15) is 0 Å². The SMILES string of the molecule is CCOP(=O)(CCCn1ccnn1)OCC. The highest BCUT2D eigenvalue weighted by atomic mass is 31.2. The van der Waals surface area contributed by atoms with Gasteiger partial charge in [-0.15, -0.1) is 5.10 Å². The molecule has 0 aliphatic heterocycles. The molecule has 0 unspecified atom stereocenters. The van der Waals surface area contributed by atoms with Crippen LogP contribution in [-0.4, -0.2) is 34.4 Å². The van der Waals surface area contributed by atoms with Gasteiger partial charge in [-0.05, 0) is 20.3 Å². The maximum atomic E-state index is 12.1. The van der Waals surface area contributed by atoms with Gasteiger partial charge in [0, 0.05) is 12.7 Å². The second-order valence-corrected chi connectivity index (χ2v) is 5.38. The quantitative estimate of drug-likeness (QED) is 0.657. The Balaban J connectivity index is 2.35. The average molecular weight is 247 g/mol. The minimum absolute atomic E-state index is 0.403. The molecule has 0 spiro atoms. The van der Waals surface area contributed by atoms with Gasteiger partial charge in [0.05, 0.1) is 25.6 Å². The summed E-state index contributed by atoms with van der Waals surface area (Å²) in [5.41, 5.74) is 0. The third-order valence-electron chi connectivity index (χ3n) is 1.94. The van der Waals surface area contributed by atoms with Gasteiger partial charge >= 0.3 is 7.60 Å². The largest absolute Gasteiger partial charge is 0.330 e.